The third kappa shape index (κ3) is 3.92. The minimum Gasteiger partial charge on any atom is -0.468 e. The van der Waals surface area contributed by atoms with Gasteiger partial charge in [0.2, 0.25) is 5.91 Å². The van der Waals surface area contributed by atoms with Crippen molar-refractivity contribution in [2.24, 2.45) is 0 Å². The lowest BCUT2D eigenvalue weighted by molar-refractivity contribution is -0.142. The van der Waals surface area contributed by atoms with E-state index in [1.165, 1.54) is 14.2 Å². The molecule has 0 rings (SSSR count). The van der Waals surface area contributed by atoms with Gasteiger partial charge in [0.15, 0.2) is 0 Å². The van der Waals surface area contributed by atoms with Crippen molar-refractivity contribution < 1.29 is 14.3 Å². The molecule has 1 unspecified atom stereocenters. The third-order valence-corrected chi connectivity index (χ3v) is 1.40. The average molecular weight is 174 g/mol. The molecule has 0 fully saturated rings. The summed E-state index contributed by atoms with van der Waals surface area (Å²) in [5.74, 6) is -0.537. The van der Waals surface area contributed by atoms with Gasteiger partial charge in [-0.25, -0.2) is 0 Å². The molecule has 0 aromatic rings. The second-order valence-electron chi connectivity index (χ2n) is 2.30. The van der Waals surface area contributed by atoms with Crippen LogP contribution in [0.2, 0.25) is 0 Å². The molecular weight excluding hydrogens is 160 g/mol. The molecule has 12 heavy (non-hydrogen) atoms. The van der Waals surface area contributed by atoms with Crippen LogP contribution in [0.15, 0.2) is 0 Å². The van der Waals surface area contributed by atoms with Crippen LogP contribution >= 0.6 is 0 Å². The van der Waals surface area contributed by atoms with Crippen LogP contribution in [-0.4, -0.2) is 38.6 Å². The first-order valence-electron chi connectivity index (χ1n) is 3.63. The van der Waals surface area contributed by atoms with Crippen molar-refractivity contribution in [3.05, 3.63) is 0 Å². The van der Waals surface area contributed by atoms with Gasteiger partial charge in [0.1, 0.15) is 6.04 Å². The lowest BCUT2D eigenvalue weighted by Gasteiger charge is -2.09. The number of hydrogen-bond acceptors (Lipinski definition) is 4. The van der Waals surface area contributed by atoms with E-state index in [0.717, 1.165) is 0 Å². The van der Waals surface area contributed by atoms with Crippen LogP contribution in [0.25, 0.3) is 0 Å². The molecule has 0 saturated carbocycles. The van der Waals surface area contributed by atoms with Gasteiger partial charge in [-0.2, -0.15) is 0 Å². The fourth-order valence-corrected chi connectivity index (χ4v) is 0.594. The number of hydrogen-bond donors (Lipinski definition) is 2. The van der Waals surface area contributed by atoms with Gasteiger partial charge in [0, 0.05) is 7.05 Å². The maximum Gasteiger partial charge on any atom is 0.322 e. The van der Waals surface area contributed by atoms with Crippen molar-refractivity contribution in [2.45, 2.75) is 13.0 Å². The van der Waals surface area contributed by atoms with Gasteiger partial charge in [0.25, 0.3) is 0 Å². The smallest absolute Gasteiger partial charge is 0.322 e. The van der Waals surface area contributed by atoms with E-state index in [2.05, 4.69) is 15.4 Å². The van der Waals surface area contributed by atoms with E-state index in [4.69, 9.17) is 0 Å². The number of carbonyl (C=O) groups is 2. The SMILES string of the molecule is CNC(=O)CNC(C)C(=O)OC. The lowest BCUT2D eigenvalue weighted by Crippen LogP contribution is -2.41. The second kappa shape index (κ2) is 5.54. The maximum absolute atomic E-state index is 10.8. The zero-order valence-corrected chi connectivity index (χ0v) is 7.51. The molecule has 1 atom stereocenters. The number of methoxy groups -OCH3 is 1. The quantitative estimate of drug-likeness (QED) is 0.530. The number of rotatable bonds is 4. The Morgan fingerprint density at radius 3 is 2.50 bits per heavy atom. The zero-order valence-electron chi connectivity index (χ0n) is 7.51. The molecule has 1 amide bonds. The van der Waals surface area contributed by atoms with Gasteiger partial charge in [-0.05, 0) is 6.92 Å². The maximum atomic E-state index is 10.8. The summed E-state index contributed by atoms with van der Waals surface area (Å²) in [6.45, 7) is 1.75. The topological polar surface area (TPSA) is 67.4 Å². The van der Waals surface area contributed by atoms with Crippen LogP contribution < -0.4 is 10.6 Å². The molecule has 0 aromatic heterocycles. The van der Waals surface area contributed by atoms with Gasteiger partial charge in [-0.3, -0.25) is 14.9 Å². The highest BCUT2D eigenvalue weighted by Gasteiger charge is 2.12. The van der Waals surface area contributed by atoms with Gasteiger partial charge in [-0.1, -0.05) is 0 Å². The van der Waals surface area contributed by atoms with Gasteiger partial charge in [-0.15, -0.1) is 0 Å². The van der Waals surface area contributed by atoms with Crippen LogP contribution in [0.4, 0.5) is 0 Å². The fraction of sp³-hybridized carbons (Fsp3) is 0.714. The standard InChI is InChI=1S/C7H14N2O3/c1-5(7(11)12-3)9-4-6(10)8-2/h5,9H,4H2,1-3H3,(H,8,10). The summed E-state index contributed by atoms with van der Waals surface area (Å²) >= 11 is 0. The summed E-state index contributed by atoms with van der Waals surface area (Å²) in [4.78, 5) is 21.5. The van der Waals surface area contributed by atoms with Crippen LogP contribution in [0.1, 0.15) is 6.92 Å². The highest BCUT2D eigenvalue weighted by atomic mass is 16.5. The molecule has 0 heterocycles. The average Bonchev–Trinajstić information content (AvgIpc) is 2.11. The summed E-state index contributed by atoms with van der Waals surface area (Å²) in [7, 11) is 2.84. The molecule has 0 aromatic carbocycles. The normalized spacial score (nSPS) is 11.9. The molecule has 5 heteroatoms. The number of esters is 1. The van der Waals surface area contributed by atoms with E-state index < -0.39 is 6.04 Å². The Balaban J connectivity index is 3.63. The first kappa shape index (κ1) is 10.9. The van der Waals surface area contributed by atoms with E-state index in [0.29, 0.717) is 0 Å². The largest absolute Gasteiger partial charge is 0.468 e. The van der Waals surface area contributed by atoms with Crippen molar-refractivity contribution in [2.75, 3.05) is 20.7 Å². The first-order valence-corrected chi connectivity index (χ1v) is 3.63. The Morgan fingerprint density at radius 1 is 1.50 bits per heavy atom. The third-order valence-electron chi connectivity index (χ3n) is 1.40. The van der Waals surface area contributed by atoms with Gasteiger partial charge in [0.05, 0.1) is 13.7 Å². The van der Waals surface area contributed by atoms with Crippen LogP contribution in [-0.2, 0) is 14.3 Å². The Kier molecular flexibility index (Phi) is 5.03. The monoisotopic (exact) mass is 174 g/mol. The number of amides is 1. The number of carbonyl (C=O) groups excluding carboxylic acids is 2. The summed E-state index contributed by atoms with van der Waals surface area (Å²) in [6, 6.07) is -0.452. The number of nitrogens with one attached hydrogen (secondary N) is 2. The summed E-state index contributed by atoms with van der Waals surface area (Å²) < 4.78 is 4.44. The molecule has 5 nitrogen and oxygen atoms in total. The van der Waals surface area contributed by atoms with Crippen LogP contribution in [0, 0.1) is 0 Å². The Labute approximate surface area is 71.5 Å². The van der Waals surface area contributed by atoms with E-state index in [1.54, 1.807) is 6.92 Å². The van der Waals surface area contributed by atoms with Gasteiger partial charge < -0.3 is 10.1 Å². The molecule has 0 saturated heterocycles. The van der Waals surface area contributed by atoms with Crippen molar-refractivity contribution >= 4 is 11.9 Å². The minimum absolute atomic E-state index is 0.118. The molecule has 0 bridgehead atoms. The Bertz CT molecular complexity index is 170. The van der Waals surface area contributed by atoms with E-state index >= 15 is 0 Å². The number of ether oxygens (including phenoxy) is 1. The summed E-state index contributed by atoms with van der Waals surface area (Å²) in [6.07, 6.45) is 0. The molecule has 0 aliphatic rings. The second-order valence-corrected chi connectivity index (χ2v) is 2.30. The molecule has 0 spiro atoms. The highest BCUT2D eigenvalue weighted by molar-refractivity contribution is 5.79. The fourth-order valence-electron chi connectivity index (χ4n) is 0.594. The predicted molar refractivity (Wildman–Crippen MR) is 43.5 cm³/mol. The van der Waals surface area contributed by atoms with Crippen molar-refractivity contribution in [3.63, 3.8) is 0 Å². The van der Waals surface area contributed by atoms with Gasteiger partial charge >= 0.3 is 5.97 Å². The zero-order chi connectivity index (χ0) is 9.56. The Morgan fingerprint density at radius 2 is 2.08 bits per heavy atom. The van der Waals surface area contributed by atoms with E-state index in [-0.39, 0.29) is 18.4 Å². The lowest BCUT2D eigenvalue weighted by atomic mass is 10.3. The Hall–Kier alpha value is -1.10. The minimum atomic E-state index is -0.452. The predicted octanol–water partition coefficient (Wildman–Crippen LogP) is -1.12. The number of likely N-dealkylation sites (N-methyl/N-ethyl adjacent to an activating group) is 1. The van der Waals surface area contributed by atoms with E-state index in [9.17, 15) is 9.59 Å². The molecule has 0 aliphatic carbocycles. The molecule has 70 valence electrons. The van der Waals surface area contributed by atoms with Crippen molar-refractivity contribution in [1.29, 1.82) is 0 Å². The summed E-state index contributed by atoms with van der Waals surface area (Å²) in [5, 5.41) is 5.12. The highest BCUT2D eigenvalue weighted by Crippen LogP contribution is 1.83. The molecular formula is C7H14N2O3. The van der Waals surface area contributed by atoms with E-state index in [1.807, 2.05) is 0 Å². The first-order chi connectivity index (χ1) is 5.61. The summed E-state index contributed by atoms with van der Waals surface area (Å²) in [5.41, 5.74) is 0. The van der Waals surface area contributed by atoms with Crippen molar-refractivity contribution in [3.8, 4) is 0 Å². The molecule has 0 aliphatic heterocycles. The van der Waals surface area contributed by atoms with Crippen LogP contribution in [0.5, 0.6) is 0 Å². The molecule has 2 N–H and O–H groups in total. The van der Waals surface area contributed by atoms with Crippen molar-refractivity contribution in [1.82, 2.24) is 10.6 Å². The van der Waals surface area contributed by atoms with Crippen LogP contribution in [0.3, 0.4) is 0 Å². The molecule has 0 radical (unpaired) electrons.